The molecule has 0 saturated heterocycles. The van der Waals surface area contributed by atoms with Gasteiger partial charge in [-0.15, -0.1) is 0 Å². The summed E-state index contributed by atoms with van der Waals surface area (Å²) in [6, 6.07) is 5.38. The molecule has 0 aliphatic heterocycles. The van der Waals surface area contributed by atoms with Crippen molar-refractivity contribution in [3.05, 3.63) is 41.1 Å². The van der Waals surface area contributed by atoms with E-state index in [0.29, 0.717) is 16.1 Å². The van der Waals surface area contributed by atoms with Crippen molar-refractivity contribution < 1.29 is 5.11 Å². The first-order valence-corrected chi connectivity index (χ1v) is 5.69. The monoisotopic (exact) mass is 248 g/mol. The number of benzene rings is 1. The lowest BCUT2D eigenvalue weighted by Gasteiger charge is -2.05. The predicted octanol–water partition coefficient (Wildman–Crippen LogP) is 2.83. The van der Waals surface area contributed by atoms with Crippen molar-refractivity contribution in [2.24, 2.45) is 0 Å². The smallest absolute Gasteiger partial charge is 0.149 e. The van der Waals surface area contributed by atoms with E-state index in [9.17, 15) is 5.11 Å². The fourth-order valence-electron chi connectivity index (χ4n) is 1.64. The Bertz CT molecular complexity index is 567. The van der Waals surface area contributed by atoms with Crippen LogP contribution in [0.15, 0.2) is 30.5 Å². The van der Waals surface area contributed by atoms with Crippen LogP contribution in [0.5, 0.6) is 5.75 Å². The summed E-state index contributed by atoms with van der Waals surface area (Å²) >= 11 is 6.15. The summed E-state index contributed by atoms with van der Waals surface area (Å²) in [4.78, 5) is 4.15. The number of phenolic OH excluding ortho intramolecular Hbond substituents is 1. The van der Waals surface area contributed by atoms with Gasteiger partial charge in [-0.25, -0.2) is 0 Å². The number of rotatable bonds is 3. The molecule has 0 saturated carbocycles. The van der Waals surface area contributed by atoms with Gasteiger partial charge >= 0.3 is 0 Å². The molecule has 0 fully saturated rings. The first-order valence-electron chi connectivity index (χ1n) is 5.31. The Balaban J connectivity index is 2.55. The van der Waals surface area contributed by atoms with Crippen LogP contribution in [0.1, 0.15) is 5.56 Å². The van der Waals surface area contributed by atoms with Crippen LogP contribution >= 0.6 is 11.6 Å². The molecule has 17 heavy (non-hydrogen) atoms. The zero-order chi connectivity index (χ0) is 12.3. The Morgan fingerprint density at radius 1 is 1.53 bits per heavy atom. The van der Waals surface area contributed by atoms with Crippen LogP contribution < -0.4 is 5.32 Å². The molecule has 0 radical (unpaired) electrons. The Kier molecular flexibility index (Phi) is 3.61. The number of phenols is 1. The van der Waals surface area contributed by atoms with E-state index >= 15 is 0 Å². The van der Waals surface area contributed by atoms with Crippen molar-refractivity contribution >= 4 is 28.6 Å². The Morgan fingerprint density at radius 2 is 2.35 bits per heavy atom. The lowest BCUT2D eigenvalue weighted by atomic mass is 10.1. The third-order valence-electron chi connectivity index (χ3n) is 2.46. The molecule has 3 nitrogen and oxygen atoms in total. The van der Waals surface area contributed by atoms with Crippen molar-refractivity contribution in [2.75, 3.05) is 13.6 Å². The Hall–Kier alpha value is -1.58. The maximum absolute atomic E-state index is 10.1. The molecule has 2 N–H and O–H groups in total. The highest BCUT2D eigenvalue weighted by atomic mass is 35.5. The number of halogens is 1. The molecule has 1 aromatic carbocycles. The first kappa shape index (κ1) is 11.9. The van der Waals surface area contributed by atoms with Crippen LogP contribution in [0.4, 0.5) is 0 Å². The number of likely N-dealkylation sites (N-methyl/N-ethyl adjacent to an activating group) is 1. The molecule has 0 amide bonds. The van der Waals surface area contributed by atoms with Gasteiger partial charge in [0.15, 0.2) is 0 Å². The molecule has 0 aliphatic carbocycles. The number of aromatic hydroxyl groups is 1. The van der Waals surface area contributed by atoms with E-state index in [1.165, 1.54) is 0 Å². The topological polar surface area (TPSA) is 45.2 Å². The number of nitrogens with one attached hydrogen (secondary N) is 1. The minimum absolute atomic E-state index is 0.164. The van der Waals surface area contributed by atoms with Gasteiger partial charge in [0.2, 0.25) is 0 Å². The van der Waals surface area contributed by atoms with Crippen LogP contribution in [-0.2, 0) is 0 Å². The van der Waals surface area contributed by atoms with E-state index in [4.69, 9.17) is 11.6 Å². The fraction of sp³-hybridized carbons (Fsp3) is 0.154. The standard InChI is InChI=1S/C13H13ClN2O/c1-15-6-2-4-9-8-11(14)10-5-3-7-16-12(10)13(9)17/h2-5,7-8,15,17H,6H2,1H3. The summed E-state index contributed by atoms with van der Waals surface area (Å²) in [5, 5.41) is 14.4. The van der Waals surface area contributed by atoms with Gasteiger partial charge in [-0.1, -0.05) is 23.8 Å². The SMILES string of the molecule is CNCC=Cc1cc(Cl)c2cccnc2c1O. The molecule has 0 unspecified atom stereocenters. The Morgan fingerprint density at radius 3 is 3.12 bits per heavy atom. The minimum Gasteiger partial charge on any atom is -0.505 e. The van der Waals surface area contributed by atoms with E-state index in [1.807, 2.05) is 25.3 Å². The third-order valence-corrected chi connectivity index (χ3v) is 2.78. The van der Waals surface area contributed by atoms with E-state index in [1.54, 1.807) is 18.3 Å². The van der Waals surface area contributed by atoms with Crippen molar-refractivity contribution in [3.63, 3.8) is 0 Å². The molecule has 2 rings (SSSR count). The number of nitrogens with zero attached hydrogens (tertiary/aromatic N) is 1. The predicted molar refractivity (Wildman–Crippen MR) is 71.4 cm³/mol. The summed E-state index contributed by atoms with van der Waals surface area (Å²) < 4.78 is 0. The maximum Gasteiger partial charge on any atom is 0.149 e. The van der Waals surface area contributed by atoms with E-state index in [2.05, 4.69) is 10.3 Å². The highest BCUT2D eigenvalue weighted by Crippen LogP contribution is 2.33. The molecule has 0 aliphatic rings. The molecule has 88 valence electrons. The summed E-state index contributed by atoms with van der Waals surface area (Å²) in [7, 11) is 1.86. The van der Waals surface area contributed by atoms with E-state index < -0.39 is 0 Å². The van der Waals surface area contributed by atoms with Crippen LogP contribution in [0.3, 0.4) is 0 Å². The van der Waals surface area contributed by atoms with Crippen LogP contribution in [0.2, 0.25) is 5.02 Å². The van der Waals surface area contributed by atoms with Gasteiger partial charge in [-0.2, -0.15) is 0 Å². The lowest BCUT2D eigenvalue weighted by Crippen LogP contribution is -2.03. The Labute approximate surface area is 105 Å². The zero-order valence-corrected chi connectivity index (χ0v) is 10.2. The van der Waals surface area contributed by atoms with Gasteiger partial charge in [0.1, 0.15) is 11.3 Å². The van der Waals surface area contributed by atoms with Crippen molar-refractivity contribution in [2.45, 2.75) is 0 Å². The maximum atomic E-state index is 10.1. The van der Waals surface area contributed by atoms with Gasteiger partial charge in [0.25, 0.3) is 0 Å². The third kappa shape index (κ3) is 2.40. The normalized spacial score (nSPS) is 11.4. The van der Waals surface area contributed by atoms with E-state index in [0.717, 1.165) is 11.9 Å². The van der Waals surface area contributed by atoms with Gasteiger partial charge < -0.3 is 10.4 Å². The summed E-state index contributed by atoms with van der Waals surface area (Å²) in [6.07, 6.45) is 5.38. The molecule has 1 heterocycles. The molecule has 4 heteroatoms. The second kappa shape index (κ2) is 5.17. The van der Waals surface area contributed by atoms with Gasteiger partial charge in [-0.05, 0) is 25.2 Å². The van der Waals surface area contributed by atoms with Gasteiger partial charge in [0.05, 0.1) is 5.02 Å². The number of pyridine rings is 1. The average Bonchev–Trinajstić information content (AvgIpc) is 2.36. The second-order valence-corrected chi connectivity index (χ2v) is 4.06. The summed E-state index contributed by atoms with van der Waals surface area (Å²) in [5.41, 5.74) is 1.21. The second-order valence-electron chi connectivity index (χ2n) is 3.66. The quantitative estimate of drug-likeness (QED) is 0.878. The average molecular weight is 249 g/mol. The molecule has 0 spiro atoms. The van der Waals surface area contributed by atoms with E-state index in [-0.39, 0.29) is 5.75 Å². The molecule has 0 atom stereocenters. The largest absolute Gasteiger partial charge is 0.505 e. The fourth-order valence-corrected chi connectivity index (χ4v) is 1.91. The molecular formula is C13H13ClN2O. The van der Waals surface area contributed by atoms with Gasteiger partial charge in [-0.3, -0.25) is 4.98 Å². The first-order chi connectivity index (χ1) is 8.24. The molecular weight excluding hydrogens is 236 g/mol. The number of hydrogen-bond acceptors (Lipinski definition) is 3. The van der Waals surface area contributed by atoms with Crippen LogP contribution in [0, 0.1) is 0 Å². The molecule has 1 aromatic heterocycles. The van der Waals surface area contributed by atoms with Crippen molar-refractivity contribution in [3.8, 4) is 5.75 Å². The van der Waals surface area contributed by atoms with Gasteiger partial charge in [0, 0.05) is 23.7 Å². The number of hydrogen-bond donors (Lipinski definition) is 2. The number of aromatic nitrogens is 1. The minimum atomic E-state index is 0.164. The summed E-state index contributed by atoms with van der Waals surface area (Å²) in [5.74, 6) is 0.164. The van der Waals surface area contributed by atoms with Crippen LogP contribution in [0.25, 0.3) is 17.0 Å². The van der Waals surface area contributed by atoms with Crippen molar-refractivity contribution in [1.29, 1.82) is 0 Å². The van der Waals surface area contributed by atoms with Crippen molar-refractivity contribution in [1.82, 2.24) is 10.3 Å². The highest BCUT2D eigenvalue weighted by Gasteiger charge is 2.08. The highest BCUT2D eigenvalue weighted by molar-refractivity contribution is 6.35. The zero-order valence-electron chi connectivity index (χ0n) is 9.44. The lowest BCUT2D eigenvalue weighted by molar-refractivity contribution is 0.479. The van der Waals surface area contributed by atoms with Crippen LogP contribution in [-0.4, -0.2) is 23.7 Å². The number of fused-ring (bicyclic) bond motifs is 1. The molecule has 2 aromatic rings. The summed E-state index contributed by atoms with van der Waals surface area (Å²) in [6.45, 7) is 0.733. The molecule has 0 bridgehead atoms.